The molecule has 0 radical (unpaired) electrons. The van der Waals surface area contributed by atoms with E-state index in [1.165, 1.54) is 16.9 Å². The highest BCUT2D eigenvalue weighted by molar-refractivity contribution is 7.16. The minimum absolute atomic E-state index is 0.0196. The van der Waals surface area contributed by atoms with Crippen molar-refractivity contribution in [2.24, 2.45) is 5.10 Å². The van der Waals surface area contributed by atoms with Gasteiger partial charge in [0.2, 0.25) is 0 Å². The Morgan fingerprint density at radius 1 is 1.03 bits per heavy atom. The first kappa shape index (κ1) is 22.7. The van der Waals surface area contributed by atoms with E-state index in [4.69, 9.17) is 0 Å². The Bertz CT molecular complexity index is 1160. The van der Waals surface area contributed by atoms with E-state index in [0.29, 0.717) is 21.0 Å². The Morgan fingerprint density at radius 2 is 1.71 bits per heavy atom. The lowest BCUT2D eigenvalue weighted by Crippen LogP contribution is -2.29. The zero-order valence-corrected chi connectivity index (χ0v) is 19.7. The summed E-state index contributed by atoms with van der Waals surface area (Å²) in [6.07, 6.45) is 0. The van der Waals surface area contributed by atoms with Gasteiger partial charge in [0.25, 0.3) is 11.8 Å². The molecule has 31 heavy (non-hydrogen) atoms. The van der Waals surface area contributed by atoms with Crippen molar-refractivity contribution in [3.05, 3.63) is 62.2 Å². The number of amides is 2. The fraction of sp³-hybridized carbons (Fsp3) is 0.261. The van der Waals surface area contributed by atoms with Gasteiger partial charge in [0.05, 0.1) is 25.9 Å². The van der Waals surface area contributed by atoms with Crippen LogP contribution in [0.5, 0.6) is 5.75 Å². The van der Waals surface area contributed by atoms with E-state index in [2.05, 4.69) is 15.8 Å². The van der Waals surface area contributed by atoms with Crippen LogP contribution in [0.1, 0.15) is 56.8 Å². The summed E-state index contributed by atoms with van der Waals surface area (Å²) in [5, 5.41) is 19.5. The zero-order valence-electron chi connectivity index (χ0n) is 18.1. The van der Waals surface area contributed by atoms with Crippen LogP contribution >= 0.6 is 22.7 Å². The van der Waals surface area contributed by atoms with Crippen LogP contribution in [0.4, 0.5) is 0 Å². The highest BCUT2D eigenvalue weighted by atomic mass is 32.1. The maximum Gasteiger partial charge on any atom is 0.281 e. The molecule has 8 heteroatoms. The van der Waals surface area contributed by atoms with Gasteiger partial charge in [0.1, 0.15) is 5.75 Å². The van der Waals surface area contributed by atoms with Gasteiger partial charge in [-0.1, -0.05) is 18.2 Å². The summed E-state index contributed by atoms with van der Waals surface area (Å²) in [7, 11) is 0. The van der Waals surface area contributed by atoms with Gasteiger partial charge in [0.15, 0.2) is 0 Å². The summed E-state index contributed by atoms with van der Waals surface area (Å²) in [6.45, 7) is 9.56. The van der Waals surface area contributed by atoms with Crippen LogP contribution in [-0.2, 0) is 0 Å². The monoisotopic (exact) mass is 455 g/mol. The number of rotatable bonds is 6. The molecule has 2 heterocycles. The third-order valence-electron chi connectivity index (χ3n) is 4.72. The van der Waals surface area contributed by atoms with E-state index in [1.54, 1.807) is 19.1 Å². The minimum atomic E-state index is -0.406. The lowest BCUT2D eigenvalue weighted by molar-refractivity contribution is 0.0944. The topological polar surface area (TPSA) is 90.8 Å². The van der Waals surface area contributed by atoms with Crippen molar-refractivity contribution < 1.29 is 14.7 Å². The number of aryl methyl sites for hydroxylation is 2. The molecule has 0 aliphatic carbocycles. The molecule has 6 nitrogen and oxygen atoms in total. The lowest BCUT2D eigenvalue weighted by Gasteiger charge is -2.06. The summed E-state index contributed by atoms with van der Waals surface area (Å²) in [5.74, 6) is -0.467. The van der Waals surface area contributed by atoms with Crippen LogP contribution in [0.15, 0.2) is 40.8 Å². The Morgan fingerprint density at radius 3 is 2.35 bits per heavy atom. The molecule has 2 amide bonds. The molecule has 3 aromatic rings. The number of nitrogens with zero attached hydrogens (tertiary/aromatic N) is 1. The normalized spacial score (nSPS) is 11.6. The number of hydrazone groups is 1. The van der Waals surface area contributed by atoms with Crippen LogP contribution < -0.4 is 10.7 Å². The van der Waals surface area contributed by atoms with Crippen LogP contribution in [0.3, 0.4) is 0 Å². The van der Waals surface area contributed by atoms with Crippen molar-refractivity contribution in [3.8, 4) is 16.2 Å². The second-order valence-electron chi connectivity index (χ2n) is 7.56. The van der Waals surface area contributed by atoms with E-state index >= 15 is 0 Å². The highest BCUT2D eigenvalue weighted by Crippen LogP contribution is 2.39. The van der Waals surface area contributed by atoms with Gasteiger partial charge >= 0.3 is 0 Å². The number of hydrogen-bond donors (Lipinski definition) is 3. The number of nitrogens with one attached hydrogen (secondary N) is 2. The van der Waals surface area contributed by atoms with Gasteiger partial charge in [-0.3, -0.25) is 9.59 Å². The van der Waals surface area contributed by atoms with Gasteiger partial charge in [-0.25, -0.2) is 5.43 Å². The second kappa shape index (κ2) is 9.45. The Hall–Kier alpha value is -2.97. The minimum Gasteiger partial charge on any atom is -0.506 e. The average molecular weight is 456 g/mol. The summed E-state index contributed by atoms with van der Waals surface area (Å²) in [4.78, 5) is 26.1. The molecule has 3 rings (SSSR count). The summed E-state index contributed by atoms with van der Waals surface area (Å²) >= 11 is 2.53. The molecule has 1 aromatic carbocycles. The molecule has 3 N–H and O–H groups in total. The summed E-state index contributed by atoms with van der Waals surface area (Å²) < 4.78 is 0. The van der Waals surface area contributed by atoms with E-state index in [0.717, 1.165) is 27.3 Å². The molecule has 162 valence electrons. The number of carbonyl (C=O) groups excluding carboxylic acids is 2. The predicted molar refractivity (Wildman–Crippen MR) is 127 cm³/mol. The standard InChI is InChI=1S/C23H25N3O3S2/c1-12(2)24-22(28)18-8-9-19(31-18)23(29)26-25-15(5)17-11-30-21(20(17)27)16-7-6-13(3)14(4)10-16/h6-12,27H,1-5H3,(H,24,28)(H,26,29)/b25-15+. The number of hydrogen-bond acceptors (Lipinski definition) is 6. The zero-order chi connectivity index (χ0) is 22.7. The van der Waals surface area contributed by atoms with E-state index in [1.807, 2.05) is 51.3 Å². The largest absolute Gasteiger partial charge is 0.506 e. The van der Waals surface area contributed by atoms with E-state index in [-0.39, 0.29) is 17.7 Å². The molecule has 0 saturated heterocycles. The molecule has 0 aliphatic heterocycles. The number of thiophene rings is 2. The van der Waals surface area contributed by atoms with Crippen molar-refractivity contribution in [2.45, 2.75) is 40.7 Å². The van der Waals surface area contributed by atoms with Gasteiger partial charge in [-0.15, -0.1) is 22.7 Å². The molecule has 0 aliphatic rings. The Balaban J connectivity index is 1.73. The van der Waals surface area contributed by atoms with Crippen LogP contribution in [-0.4, -0.2) is 28.7 Å². The third kappa shape index (κ3) is 5.21. The van der Waals surface area contributed by atoms with Crippen LogP contribution in [0, 0.1) is 13.8 Å². The maximum absolute atomic E-state index is 12.4. The molecular weight excluding hydrogens is 430 g/mol. The first-order valence-electron chi connectivity index (χ1n) is 9.81. The Labute approximate surface area is 189 Å². The summed E-state index contributed by atoms with van der Waals surface area (Å²) in [5.41, 5.74) is 6.86. The van der Waals surface area contributed by atoms with Gasteiger partial charge < -0.3 is 10.4 Å². The number of benzene rings is 1. The average Bonchev–Trinajstić information content (AvgIpc) is 3.35. The third-order valence-corrected chi connectivity index (χ3v) is 6.82. The smallest absolute Gasteiger partial charge is 0.281 e. The maximum atomic E-state index is 12.4. The molecule has 0 spiro atoms. The van der Waals surface area contributed by atoms with Crippen molar-refractivity contribution >= 4 is 40.2 Å². The predicted octanol–water partition coefficient (Wildman–Crippen LogP) is 5.09. The lowest BCUT2D eigenvalue weighted by atomic mass is 10.0. The number of carbonyl (C=O) groups is 2. The molecule has 2 aromatic heterocycles. The summed E-state index contributed by atoms with van der Waals surface area (Å²) in [6, 6.07) is 9.29. The van der Waals surface area contributed by atoms with Gasteiger partial charge in [-0.05, 0) is 63.4 Å². The SMILES string of the molecule is C/C(=N\NC(=O)c1ccc(C(=O)NC(C)C)s1)c1csc(-c2ccc(C)c(C)c2)c1O. The van der Waals surface area contributed by atoms with Crippen molar-refractivity contribution in [1.29, 1.82) is 0 Å². The first-order valence-corrected chi connectivity index (χ1v) is 11.5. The molecule has 0 atom stereocenters. The fourth-order valence-corrected chi connectivity index (χ4v) is 4.66. The number of aromatic hydroxyl groups is 1. The van der Waals surface area contributed by atoms with Crippen molar-refractivity contribution in [2.75, 3.05) is 0 Å². The van der Waals surface area contributed by atoms with Gasteiger partial charge in [0, 0.05) is 11.4 Å². The molecular formula is C23H25N3O3S2. The quantitative estimate of drug-likeness (QED) is 0.357. The molecule has 0 unspecified atom stereocenters. The first-order chi connectivity index (χ1) is 14.7. The fourth-order valence-electron chi connectivity index (χ4n) is 2.86. The van der Waals surface area contributed by atoms with Crippen molar-refractivity contribution in [1.82, 2.24) is 10.7 Å². The van der Waals surface area contributed by atoms with Crippen LogP contribution in [0.25, 0.3) is 10.4 Å². The molecule has 0 bridgehead atoms. The molecule has 0 saturated carbocycles. The van der Waals surface area contributed by atoms with Crippen molar-refractivity contribution in [3.63, 3.8) is 0 Å². The van der Waals surface area contributed by atoms with Crippen LogP contribution in [0.2, 0.25) is 0 Å². The second-order valence-corrected chi connectivity index (χ2v) is 9.52. The highest BCUT2D eigenvalue weighted by Gasteiger charge is 2.17. The van der Waals surface area contributed by atoms with E-state index in [9.17, 15) is 14.7 Å². The van der Waals surface area contributed by atoms with Gasteiger partial charge in [-0.2, -0.15) is 5.10 Å². The molecule has 0 fully saturated rings. The van der Waals surface area contributed by atoms with E-state index < -0.39 is 5.91 Å². The Kier molecular flexibility index (Phi) is 6.92.